The smallest absolute Gasteiger partial charge is 0.224 e. The molecule has 1 saturated carbocycles. The van der Waals surface area contributed by atoms with Crippen LogP contribution in [-0.2, 0) is 11.2 Å². The van der Waals surface area contributed by atoms with Gasteiger partial charge in [0.15, 0.2) is 0 Å². The maximum Gasteiger partial charge on any atom is 0.224 e. The zero-order valence-corrected chi connectivity index (χ0v) is 11.3. The van der Waals surface area contributed by atoms with Crippen LogP contribution in [0.15, 0.2) is 30.3 Å². The average molecular weight is 266 g/mol. The topological polar surface area (TPSA) is 29.1 Å². The third-order valence-corrected chi connectivity index (χ3v) is 4.18. The van der Waals surface area contributed by atoms with Crippen LogP contribution in [0.2, 0.25) is 0 Å². The summed E-state index contributed by atoms with van der Waals surface area (Å²) in [7, 11) is 0. The number of hydrogen-bond acceptors (Lipinski definition) is 1. The second kappa shape index (κ2) is 6.79. The number of hydrogen-bond donors (Lipinski definition) is 1. The van der Waals surface area contributed by atoms with Crippen LogP contribution >= 0.6 is 11.6 Å². The van der Waals surface area contributed by atoms with Gasteiger partial charge in [0.05, 0.1) is 6.42 Å². The SMILES string of the molecule is O=C(Cc1ccccc1)NCC1CCCC1CCl. The molecule has 0 aromatic heterocycles. The van der Waals surface area contributed by atoms with E-state index in [1.165, 1.54) is 19.3 Å². The molecule has 0 heterocycles. The van der Waals surface area contributed by atoms with Crippen LogP contribution in [0.5, 0.6) is 0 Å². The van der Waals surface area contributed by atoms with E-state index in [0.29, 0.717) is 18.3 Å². The second-order valence-corrected chi connectivity index (χ2v) is 5.38. The molecule has 1 amide bonds. The lowest BCUT2D eigenvalue weighted by Gasteiger charge is -2.17. The molecule has 1 aliphatic rings. The molecule has 0 saturated heterocycles. The first-order chi connectivity index (χ1) is 8.79. The molecule has 1 fully saturated rings. The summed E-state index contributed by atoms with van der Waals surface area (Å²) >= 11 is 5.93. The summed E-state index contributed by atoms with van der Waals surface area (Å²) in [5.74, 6) is 1.99. The van der Waals surface area contributed by atoms with E-state index in [-0.39, 0.29) is 5.91 Å². The van der Waals surface area contributed by atoms with E-state index in [0.717, 1.165) is 18.0 Å². The molecule has 1 aromatic carbocycles. The molecule has 1 aromatic rings. The summed E-state index contributed by atoms with van der Waals surface area (Å²) in [6.45, 7) is 0.781. The fourth-order valence-electron chi connectivity index (χ4n) is 2.67. The Morgan fingerprint density at radius 2 is 1.94 bits per heavy atom. The van der Waals surface area contributed by atoms with E-state index in [2.05, 4.69) is 5.32 Å². The molecule has 98 valence electrons. The van der Waals surface area contributed by atoms with Gasteiger partial charge in [0.25, 0.3) is 0 Å². The third kappa shape index (κ3) is 3.74. The Labute approximate surface area is 114 Å². The van der Waals surface area contributed by atoms with Gasteiger partial charge in [-0.25, -0.2) is 0 Å². The van der Waals surface area contributed by atoms with Crippen LogP contribution in [0, 0.1) is 11.8 Å². The quantitative estimate of drug-likeness (QED) is 0.815. The van der Waals surface area contributed by atoms with E-state index >= 15 is 0 Å². The zero-order chi connectivity index (χ0) is 12.8. The molecule has 1 N–H and O–H groups in total. The monoisotopic (exact) mass is 265 g/mol. The first-order valence-electron chi connectivity index (χ1n) is 6.66. The molecule has 2 rings (SSSR count). The lowest BCUT2D eigenvalue weighted by Crippen LogP contribution is -2.32. The highest BCUT2D eigenvalue weighted by Gasteiger charge is 2.26. The first-order valence-corrected chi connectivity index (χ1v) is 7.19. The van der Waals surface area contributed by atoms with Crippen molar-refractivity contribution in [3.05, 3.63) is 35.9 Å². The highest BCUT2D eigenvalue weighted by molar-refractivity contribution is 6.18. The van der Waals surface area contributed by atoms with Gasteiger partial charge < -0.3 is 5.32 Å². The van der Waals surface area contributed by atoms with Gasteiger partial charge in [-0.3, -0.25) is 4.79 Å². The Morgan fingerprint density at radius 1 is 1.22 bits per heavy atom. The van der Waals surface area contributed by atoms with E-state index in [9.17, 15) is 4.79 Å². The summed E-state index contributed by atoms with van der Waals surface area (Å²) in [5.41, 5.74) is 1.07. The van der Waals surface area contributed by atoms with Crippen molar-refractivity contribution in [3.8, 4) is 0 Å². The van der Waals surface area contributed by atoms with Crippen LogP contribution in [-0.4, -0.2) is 18.3 Å². The summed E-state index contributed by atoms with van der Waals surface area (Å²) in [5, 5.41) is 3.04. The molecular weight excluding hydrogens is 246 g/mol. The average Bonchev–Trinajstić information content (AvgIpc) is 2.85. The first kappa shape index (κ1) is 13.4. The Morgan fingerprint density at radius 3 is 2.67 bits per heavy atom. The predicted octanol–water partition coefficient (Wildman–Crippen LogP) is 3.00. The number of alkyl halides is 1. The molecule has 0 bridgehead atoms. The number of halogens is 1. The van der Waals surface area contributed by atoms with Gasteiger partial charge in [-0.15, -0.1) is 11.6 Å². The molecule has 0 radical (unpaired) electrons. The summed E-state index contributed by atoms with van der Waals surface area (Å²) < 4.78 is 0. The highest BCUT2D eigenvalue weighted by Crippen LogP contribution is 2.31. The van der Waals surface area contributed by atoms with Crippen LogP contribution in [0.3, 0.4) is 0 Å². The molecular formula is C15H20ClNO. The van der Waals surface area contributed by atoms with Gasteiger partial charge in [0, 0.05) is 12.4 Å². The van der Waals surface area contributed by atoms with Crippen molar-refractivity contribution in [3.63, 3.8) is 0 Å². The minimum absolute atomic E-state index is 0.112. The van der Waals surface area contributed by atoms with Gasteiger partial charge in [-0.1, -0.05) is 36.8 Å². The number of carbonyl (C=O) groups is 1. The Kier molecular flexibility index (Phi) is 5.06. The summed E-state index contributed by atoms with van der Waals surface area (Å²) in [6, 6.07) is 9.85. The molecule has 0 aliphatic heterocycles. The van der Waals surface area contributed by atoms with E-state index in [1.54, 1.807) is 0 Å². The number of rotatable bonds is 5. The largest absolute Gasteiger partial charge is 0.356 e. The van der Waals surface area contributed by atoms with Crippen molar-refractivity contribution < 1.29 is 4.79 Å². The van der Waals surface area contributed by atoms with Crippen molar-refractivity contribution in [2.24, 2.45) is 11.8 Å². The fourth-order valence-corrected chi connectivity index (χ4v) is 3.08. The second-order valence-electron chi connectivity index (χ2n) is 5.07. The number of nitrogens with one attached hydrogen (secondary N) is 1. The molecule has 2 atom stereocenters. The number of carbonyl (C=O) groups excluding carboxylic acids is 1. The van der Waals surface area contributed by atoms with Crippen molar-refractivity contribution in [2.45, 2.75) is 25.7 Å². The van der Waals surface area contributed by atoms with Gasteiger partial charge >= 0.3 is 0 Å². The number of amides is 1. The Bertz CT molecular complexity index is 379. The lowest BCUT2D eigenvalue weighted by atomic mass is 9.98. The lowest BCUT2D eigenvalue weighted by molar-refractivity contribution is -0.120. The third-order valence-electron chi connectivity index (χ3n) is 3.78. The molecule has 3 heteroatoms. The van der Waals surface area contributed by atoms with E-state index in [1.807, 2.05) is 30.3 Å². The molecule has 2 nitrogen and oxygen atoms in total. The fraction of sp³-hybridized carbons (Fsp3) is 0.533. The zero-order valence-electron chi connectivity index (χ0n) is 10.6. The van der Waals surface area contributed by atoms with Gasteiger partial charge in [0.1, 0.15) is 0 Å². The normalized spacial score (nSPS) is 22.9. The molecule has 18 heavy (non-hydrogen) atoms. The Balaban J connectivity index is 1.75. The minimum Gasteiger partial charge on any atom is -0.356 e. The summed E-state index contributed by atoms with van der Waals surface area (Å²) in [6.07, 6.45) is 4.13. The maximum absolute atomic E-state index is 11.8. The van der Waals surface area contributed by atoms with Gasteiger partial charge in [-0.2, -0.15) is 0 Å². The van der Waals surface area contributed by atoms with Crippen molar-refractivity contribution in [2.75, 3.05) is 12.4 Å². The van der Waals surface area contributed by atoms with Crippen molar-refractivity contribution in [1.82, 2.24) is 5.32 Å². The van der Waals surface area contributed by atoms with Gasteiger partial charge in [0.2, 0.25) is 5.91 Å². The van der Waals surface area contributed by atoms with E-state index < -0.39 is 0 Å². The van der Waals surface area contributed by atoms with Crippen LogP contribution in [0.4, 0.5) is 0 Å². The van der Waals surface area contributed by atoms with E-state index in [4.69, 9.17) is 11.6 Å². The predicted molar refractivity (Wildman–Crippen MR) is 74.7 cm³/mol. The highest BCUT2D eigenvalue weighted by atomic mass is 35.5. The Hall–Kier alpha value is -1.02. The minimum atomic E-state index is 0.112. The van der Waals surface area contributed by atoms with Crippen LogP contribution in [0.25, 0.3) is 0 Å². The van der Waals surface area contributed by atoms with Crippen molar-refractivity contribution >= 4 is 17.5 Å². The summed E-state index contributed by atoms with van der Waals surface area (Å²) in [4.78, 5) is 11.8. The standard InChI is InChI=1S/C15H20ClNO/c16-10-13-7-4-8-14(13)11-17-15(18)9-12-5-2-1-3-6-12/h1-3,5-6,13-14H,4,7-11H2,(H,17,18). The molecule has 1 aliphatic carbocycles. The number of benzene rings is 1. The van der Waals surface area contributed by atoms with Gasteiger partial charge in [-0.05, 0) is 30.2 Å². The molecule has 0 spiro atoms. The van der Waals surface area contributed by atoms with Crippen LogP contribution in [0.1, 0.15) is 24.8 Å². The van der Waals surface area contributed by atoms with Crippen LogP contribution < -0.4 is 5.32 Å². The molecule has 2 unspecified atom stereocenters. The maximum atomic E-state index is 11.8. The van der Waals surface area contributed by atoms with Crippen molar-refractivity contribution in [1.29, 1.82) is 0 Å².